The van der Waals surface area contributed by atoms with Crippen molar-refractivity contribution in [1.29, 1.82) is 0 Å². The summed E-state index contributed by atoms with van der Waals surface area (Å²) >= 11 is 0. The predicted octanol–water partition coefficient (Wildman–Crippen LogP) is 2.36. The number of hydrogen-bond donors (Lipinski definition) is 1. The van der Waals surface area contributed by atoms with Gasteiger partial charge in [-0.25, -0.2) is 9.97 Å². The van der Waals surface area contributed by atoms with Crippen LogP contribution in [0.1, 0.15) is 21.7 Å². The lowest BCUT2D eigenvalue weighted by Gasteiger charge is -2.18. The molecule has 4 heterocycles. The molecular formula is C20H18N6O. The zero-order chi connectivity index (χ0) is 18.2. The number of fused-ring (bicyclic) bond motifs is 2. The van der Waals surface area contributed by atoms with E-state index in [0.29, 0.717) is 24.6 Å². The van der Waals surface area contributed by atoms with Crippen molar-refractivity contribution in [3.63, 3.8) is 0 Å². The van der Waals surface area contributed by atoms with Crippen LogP contribution in [0.4, 0.5) is 0 Å². The van der Waals surface area contributed by atoms with Crippen LogP contribution in [0.15, 0.2) is 55.0 Å². The number of hydrogen-bond acceptors (Lipinski definition) is 4. The number of nitrogens with zero attached hydrogens (tertiary/aromatic N) is 5. The molecule has 0 aliphatic carbocycles. The molecule has 134 valence electrons. The third-order valence-electron chi connectivity index (χ3n) is 5.01. The van der Waals surface area contributed by atoms with Gasteiger partial charge < -0.3 is 4.90 Å². The minimum Gasteiger partial charge on any atom is -0.337 e. The fourth-order valence-electron chi connectivity index (χ4n) is 3.62. The number of aromatic nitrogens is 5. The van der Waals surface area contributed by atoms with E-state index in [4.69, 9.17) is 0 Å². The largest absolute Gasteiger partial charge is 0.337 e. The first-order chi connectivity index (χ1) is 13.3. The molecule has 1 aromatic carbocycles. The minimum atomic E-state index is -0.0557. The number of aromatic amines is 1. The van der Waals surface area contributed by atoms with Crippen molar-refractivity contribution >= 4 is 11.7 Å². The summed E-state index contributed by atoms with van der Waals surface area (Å²) in [6, 6.07) is 12.0. The Morgan fingerprint density at radius 2 is 1.93 bits per heavy atom. The van der Waals surface area contributed by atoms with Gasteiger partial charge in [0.1, 0.15) is 5.69 Å². The Bertz CT molecular complexity index is 1080. The van der Waals surface area contributed by atoms with Gasteiger partial charge in [0.15, 0.2) is 0 Å². The van der Waals surface area contributed by atoms with Crippen LogP contribution in [0, 0.1) is 0 Å². The maximum Gasteiger partial charge on any atom is 0.274 e. The molecule has 0 unspecified atom stereocenters. The molecule has 0 fully saturated rings. The highest BCUT2D eigenvalue weighted by atomic mass is 16.2. The number of nitrogens with one attached hydrogen (secondary N) is 1. The lowest BCUT2D eigenvalue weighted by Crippen LogP contribution is -2.33. The van der Waals surface area contributed by atoms with E-state index in [1.807, 2.05) is 35.4 Å². The summed E-state index contributed by atoms with van der Waals surface area (Å²) in [6.45, 7) is 1.29. The van der Waals surface area contributed by atoms with Gasteiger partial charge in [-0.2, -0.15) is 5.10 Å². The number of amides is 1. The number of imidazole rings is 1. The van der Waals surface area contributed by atoms with E-state index in [1.54, 1.807) is 16.8 Å². The Balaban J connectivity index is 1.40. The summed E-state index contributed by atoms with van der Waals surface area (Å²) in [5.74, 6) is 0.483. The highest BCUT2D eigenvalue weighted by Crippen LogP contribution is 2.26. The fraction of sp³-hybridized carbons (Fsp3) is 0.200. The predicted molar refractivity (Wildman–Crippen MR) is 100 cm³/mol. The van der Waals surface area contributed by atoms with Gasteiger partial charge in [-0.15, -0.1) is 0 Å². The van der Waals surface area contributed by atoms with Gasteiger partial charge in [-0.05, 0) is 12.5 Å². The molecule has 7 nitrogen and oxygen atoms in total. The lowest BCUT2D eigenvalue weighted by molar-refractivity contribution is 0.0757. The van der Waals surface area contributed by atoms with Gasteiger partial charge in [0.05, 0.1) is 5.69 Å². The monoisotopic (exact) mass is 358 g/mol. The van der Waals surface area contributed by atoms with E-state index < -0.39 is 0 Å². The summed E-state index contributed by atoms with van der Waals surface area (Å²) in [5, 5.41) is 7.68. The molecule has 1 aliphatic rings. The van der Waals surface area contributed by atoms with Crippen molar-refractivity contribution in [1.82, 2.24) is 29.5 Å². The van der Waals surface area contributed by atoms with Crippen LogP contribution in [0.3, 0.4) is 0 Å². The van der Waals surface area contributed by atoms with Crippen LogP contribution in [-0.4, -0.2) is 48.5 Å². The molecule has 7 heteroatoms. The van der Waals surface area contributed by atoms with Crippen LogP contribution >= 0.6 is 0 Å². The van der Waals surface area contributed by atoms with Crippen molar-refractivity contribution in [3.05, 3.63) is 71.9 Å². The standard InChI is InChI=1S/C20H18N6O/c27-19(17-13-26-10-4-9-21-20(26)22-17)25-11-7-15-16(8-12-25)23-24-18(15)14-5-2-1-3-6-14/h1-6,9-10,13H,7-8,11-12H2,(H,23,24). The zero-order valence-corrected chi connectivity index (χ0v) is 14.7. The molecule has 0 bridgehead atoms. The average molecular weight is 358 g/mol. The van der Waals surface area contributed by atoms with Crippen molar-refractivity contribution < 1.29 is 4.79 Å². The average Bonchev–Trinajstić information content (AvgIpc) is 3.27. The molecule has 0 atom stereocenters. The summed E-state index contributed by atoms with van der Waals surface area (Å²) in [4.78, 5) is 23.4. The van der Waals surface area contributed by atoms with E-state index in [-0.39, 0.29) is 5.91 Å². The highest BCUT2D eigenvalue weighted by Gasteiger charge is 2.25. The smallest absolute Gasteiger partial charge is 0.274 e. The van der Waals surface area contributed by atoms with E-state index >= 15 is 0 Å². The van der Waals surface area contributed by atoms with Crippen molar-refractivity contribution in [2.24, 2.45) is 0 Å². The van der Waals surface area contributed by atoms with Crippen molar-refractivity contribution in [2.75, 3.05) is 13.1 Å². The third-order valence-corrected chi connectivity index (χ3v) is 5.01. The Hall–Kier alpha value is -3.48. The quantitative estimate of drug-likeness (QED) is 0.597. The summed E-state index contributed by atoms with van der Waals surface area (Å²) < 4.78 is 1.77. The van der Waals surface area contributed by atoms with Crippen LogP contribution in [0.25, 0.3) is 17.0 Å². The van der Waals surface area contributed by atoms with Crippen LogP contribution in [0.5, 0.6) is 0 Å². The summed E-state index contributed by atoms with van der Waals surface area (Å²) in [5.41, 5.74) is 4.83. The molecule has 1 aliphatic heterocycles. The molecule has 4 aromatic rings. The van der Waals surface area contributed by atoms with Crippen LogP contribution < -0.4 is 0 Å². The molecule has 1 N–H and O–H groups in total. The summed E-state index contributed by atoms with van der Waals surface area (Å²) in [6.07, 6.45) is 6.79. The Kier molecular flexibility index (Phi) is 3.71. The molecule has 27 heavy (non-hydrogen) atoms. The van der Waals surface area contributed by atoms with Gasteiger partial charge >= 0.3 is 0 Å². The van der Waals surface area contributed by atoms with Gasteiger partial charge in [-0.1, -0.05) is 30.3 Å². The van der Waals surface area contributed by atoms with E-state index in [9.17, 15) is 4.79 Å². The number of H-pyrrole nitrogens is 1. The first-order valence-electron chi connectivity index (χ1n) is 9.00. The van der Waals surface area contributed by atoms with Crippen molar-refractivity contribution in [2.45, 2.75) is 12.8 Å². The molecule has 0 saturated carbocycles. The fourth-order valence-corrected chi connectivity index (χ4v) is 3.62. The Labute approximate surface area is 155 Å². The van der Waals surface area contributed by atoms with Gasteiger partial charge in [0.2, 0.25) is 5.78 Å². The first-order valence-corrected chi connectivity index (χ1v) is 9.00. The first kappa shape index (κ1) is 15.7. The third kappa shape index (κ3) is 2.77. The zero-order valence-electron chi connectivity index (χ0n) is 14.7. The van der Waals surface area contributed by atoms with Gasteiger partial charge in [0, 0.05) is 54.9 Å². The molecule has 3 aromatic heterocycles. The molecule has 1 amide bonds. The van der Waals surface area contributed by atoms with Crippen LogP contribution in [0.2, 0.25) is 0 Å². The number of rotatable bonds is 2. The SMILES string of the molecule is O=C(c1cn2cccnc2n1)N1CCc2[nH]nc(-c3ccccc3)c2CC1. The lowest BCUT2D eigenvalue weighted by atomic mass is 10.0. The Morgan fingerprint density at radius 1 is 1.07 bits per heavy atom. The highest BCUT2D eigenvalue weighted by molar-refractivity contribution is 5.92. The van der Waals surface area contributed by atoms with E-state index in [0.717, 1.165) is 29.8 Å². The van der Waals surface area contributed by atoms with E-state index in [2.05, 4.69) is 32.3 Å². The van der Waals surface area contributed by atoms with E-state index in [1.165, 1.54) is 5.56 Å². The molecule has 0 radical (unpaired) electrons. The van der Waals surface area contributed by atoms with Gasteiger partial charge in [-0.3, -0.25) is 14.3 Å². The maximum atomic E-state index is 12.9. The van der Waals surface area contributed by atoms with Crippen LogP contribution in [-0.2, 0) is 12.8 Å². The topological polar surface area (TPSA) is 79.2 Å². The molecule has 5 rings (SSSR count). The van der Waals surface area contributed by atoms with Crippen molar-refractivity contribution in [3.8, 4) is 11.3 Å². The number of carbonyl (C=O) groups is 1. The maximum absolute atomic E-state index is 12.9. The second-order valence-electron chi connectivity index (χ2n) is 6.64. The molecule has 0 spiro atoms. The normalized spacial score (nSPS) is 14.1. The molecular weight excluding hydrogens is 340 g/mol. The second kappa shape index (κ2) is 6.35. The number of carbonyl (C=O) groups excluding carboxylic acids is 1. The Morgan fingerprint density at radius 3 is 2.78 bits per heavy atom. The second-order valence-corrected chi connectivity index (χ2v) is 6.64. The molecule has 0 saturated heterocycles. The van der Waals surface area contributed by atoms with Gasteiger partial charge in [0.25, 0.3) is 5.91 Å². The minimum absolute atomic E-state index is 0.0557. The number of benzene rings is 1. The summed E-state index contributed by atoms with van der Waals surface area (Å²) in [7, 11) is 0.